The Balaban J connectivity index is 1.64. The first-order valence-corrected chi connectivity index (χ1v) is 8.89. The van der Waals surface area contributed by atoms with E-state index in [1.807, 2.05) is 40.7 Å². The Labute approximate surface area is 153 Å². The third-order valence-electron chi connectivity index (χ3n) is 4.80. The maximum atomic E-state index is 12.7. The van der Waals surface area contributed by atoms with E-state index in [0.29, 0.717) is 12.4 Å². The molecule has 2 bridgehead atoms. The van der Waals surface area contributed by atoms with Crippen molar-refractivity contribution in [2.24, 2.45) is 5.41 Å². The van der Waals surface area contributed by atoms with Crippen molar-refractivity contribution in [3.05, 3.63) is 23.9 Å². The fourth-order valence-corrected chi connectivity index (χ4v) is 3.96. The van der Waals surface area contributed by atoms with Crippen molar-refractivity contribution in [3.63, 3.8) is 0 Å². The molecule has 142 valence electrons. The van der Waals surface area contributed by atoms with Gasteiger partial charge in [0.05, 0.1) is 5.60 Å². The summed E-state index contributed by atoms with van der Waals surface area (Å²) in [6.07, 6.45) is 2.06. The Hall–Kier alpha value is -2.15. The molecule has 2 N–H and O–H groups in total. The number of anilines is 1. The van der Waals surface area contributed by atoms with Gasteiger partial charge in [0.2, 0.25) is 0 Å². The minimum atomic E-state index is -0.620. The van der Waals surface area contributed by atoms with Gasteiger partial charge in [-0.05, 0) is 59.1 Å². The van der Waals surface area contributed by atoms with Crippen LogP contribution in [-0.4, -0.2) is 40.8 Å². The summed E-state index contributed by atoms with van der Waals surface area (Å²) in [4.78, 5) is 28.9. The van der Waals surface area contributed by atoms with Gasteiger partial charge in [-0.1, -0.05) is 6.07 Å². The molecule has 1 aromatic heterocycles. The predicted octanol–water partition coefficient (Wildman–Crippen LogP) is 2.79. The van der Waals surface area contributed by atoms with E-state index in [0.717, 1.165) is 18.4 Å². The van der Waals surface area contributed by atoms with Crippen LogP contribution in [0, 0.1) is 12.3 Å². The molecule has 1 atom stereocenters. The molecule has 3 aliphatic rings. The summed E-state index contributed by atoms with van der Waals surface area (Å²) in [5.41, 5.74) is -0.248. The van der Waals surface area contributed by atoms with Gasteiger partial charge in [-0.3, -0.25) is 4.79 Å². The third kappa shape index (κ3) is 3.82. The number of nitrogens with zero attached hydrogens (tertiary/aromatic N) is 1. The lowest BCUT2D eigenvalue weighted by atomic mass is 9.60. The summed E-state index contributed by atoms with van der Waals surface area (Å²) in [6, 6.07) is 3.65. The van der Waals surface area contributed by atoms with Crippen LogP contribution in [0.5, 0.6) is 0 Å². The number of carbonyl (C=O) groups is 2. The van der Waals surface area contributed by atoms with Crippen LogP contribution < -0.4 is 10.6 Å². The second-order valence-corrected chi connectivity index (χ2v) is 8.73. The normalized spacial score (nSPS) is 29.7. The highest BCUT2D eigenvalue weighted by Crippen LogP contribution is 2.61. The zero-order valence-corrected chi connectivity index (χ0v) is 16.0. The van der Waals surface area contributed by atoms with Crippen molar-refractivity contribution < 1.29 is 19.1 Å². The van der Waals surface area contributed by atoms with Crippen LogP contribution in [-0.2, 0) is 14.3 Å². The maximum Gasteiger partial charge on any atom is 0.407 e. The summed E-state index contributed by atoms with van der Waals surface area (Å²) < 4.78 is 11.3. The fraction of sp³-hybridized carbons (Fsp3) is 0.632. The smallest absolute Gasteiger partial charge is 0.407 e. The van der Waals surface area contributed by atoms with E-state index in [2.05, 4.69) is 15.6 Å². The number of nitrogens with one attached hydrogen (secondary N) is 2. The molecular formula is C19H27N3O4. The first kappa shape index (κ1) is 18.6. The predicted molar refractivity (Wildman–Crippen MR) is 96.8 cm³/mol. The standard InChI is InChI=1S/C19H27N3O4/c1-12-6-7-13(20-8-12)22-15(23)14-19(9-18(5,10-19)25-14)11-21-16(24)26-17(2,3)4/h6-8,14H,9-11H2,1-5H3,(H,21,24)(H,20,22,23). The second kappa shape index (κ2) is 6.23. The molecule has 4 rings (SSSR count). The maximum absolute atomic E-state index is 12.7. The molecule has 2 saturated heterocycles. The molecule has 26 heavy (non-hydrogen) atoms. The number of aryl methyl sites for hydroxylation is 1. The largest absolute Gasteiger partial charge is 0.444 e. The van der Waals surface area contributed by atoms with Gasteiger partial charge < -0.3 is 20.1 Å². The minimum Gasteiger partial charge on any atom is -0.444 e. The van der Waals surface area contributed by atoms with Crippen LogP contribution in [0.2, 0.25) is 0 Å². The van der Waals surface area contributed by atoms with Crippen molar-refractivity contribution >= 4 is 17.8 Å². The van der Waals surface area contributed by atoms with Gasteiger partial charge in [-0.2, -0.15) is 0 Å². The number of carbonyl (C=O) groups excluding carboxylic acids is 2. The van der Waals surface area contributed by atoms with E-state index in [1.165, 1.54) is 0 Å². The Morgan fingerprint density at radius 1 is 1.35 bits per heavy atom. The molecule has 1 unspecified atom stereocenters. The van der Waals surface area contributed by atoms with Gasteiger partial charge in [0.25, 0.3) is 5.91 Å². The Kier molecular flexibility index (Phi) is 4.46. The van der Waals surface area contributed by atoms with Gasteiger partial charge in [-0.25, -0.2) is 9.78 Å². The summed E-state index contributed by atoms with van der Waals surface area (Å²) >= 11 is 0. The molecule has 0 spiro atoms. The topological polar surface area (TPSA) is 89.6 Å². The zero-order chi connectivity index (χ0) is 19.2. The van der Waals surface area contributed by atoms with Crippen LogP contribution in [0.1, 0.15) is 46.1 Å². The molecule has 1 saturated carbocycles. The zero-order valence-electron chi connectivity index (χ0n) is 16.0. The average molecular weight is 361 g/mol. The lowest BCUT2D eigenvalue weighted by Crippen LogP contribution is -2.53. The molecule has 2 amide bonds. The number of alkyl carbamates (subject to hydrolysis) is 1. The van der Waals surface area contributed by atoms with E-state index < -0.39 is 23.2 Å². The van der Waals surface area contributed by atoms with Gasteiger partial charge >= 0.3 is 6.09 Å². The van der Waals surface area contributed by atoms with E-state index in [4.69, 9.17) is 9.47 Å². The molecule has 1 aliphatic carbocycles. The highest BCUT2D eigenvalue weighted by molar-refractivity contribution is 5.94. The molecule has 3 fully saturated rings. The second-order valence-electron chi connectivity index (χ2n) is 8.73. The number of rotatable bonds is 4. The quantitative estimate of drug-likeness (QED) is 0.861. The third-order valence-corrected chi connectivity index (χ3v) is 4.80. The number of pyridine rings is 1. The van der Waals surface area contributed by atoms with Crippen LogP contribution in [0.15, 0.2) is 18.3 Å². The van der Waals surface area contributed by atoms with Gasteiger partial charge in [0.15, 0.2) is 0 Å². The molecule has 3 heterocycles. The van der Waals surface area contributed by atoms with Crippen molar-refractivity contribution in [1.82, 2.24) is 10.3 Å². The van der Waals surface area contributed by atoms with Crippen LogP contribution in [0.25, 0.3) is 0 Å². The van der Waals surface area contributed by atoms with Crippen molar-refractivity contribution in [2.75, 3.05) is 11.9 Å². The van der Waals surface area contributed by atoms with E-state index in [-0.39, 0.29) is 11.5 Å². The minimum absolute atomic E-state index is 0.228. The molecule has 2 aliphatic heterocycles. The summed E-state index contributed by atoms with van der Waals surface area (Å²) in [6.45, 7) is 9.72. The number of hydrogen-bond acceptors (Lipinski definition) is 5. The van der Waals surface area contributed by atoms with Gasteiger partial charge in [0.1, 0.15) is 17.5 Å². The molecule has 0 radical (unpaired) electrons. The van der Waals surface area contributed by atoms with Gasteiger partial charge in [-0.15, -0.1) is 0 Å². The average Bonchev–Trinajstić information content (AvgIpc) is 2.94. The molecular weight excluding hydrogens is 334 g/mol. The summed E-state index contributed by atoms with van der Waals surface area (Å²) in [5, 5.41) is 5.61. The highest BCUT2D eigenvalue weighted by Gasteiger charge is 2.67. The Morgan fingerprint density at radius 3 is 2.62 bits per heavy atom. The molecule has 7 nitrogen and oxygen atoms in total. The number of fused-ring (bicyclic) bond motifs is 1. The number of aromatic nitrogens is 1. The Morgan fingerprint density at radius 2 is 2.04 bits per heavy atom. The lowest BCUT2D eigenvalue weighted by Gasteiger charge is -2.43. The van der Waals surface area contributed by atoms with Gasteiger partial charge in [0, 0.05) is 18.2 Å². The van der Waals surface area contributed by atoms with Crippen LogP contribution in [0.4, 0.5) is 10.6 Å². The van der Waals surface area contributed by atoms with E-state index in [1.54, 1.807) is 12.3 Å². The van der Waals surface area contributed by atoms with Crippen molar-refractivity contribution in [1.29, 1.82) is 0 Å². The highest BCUT2D eigenvalue weighted by atomic mass is 16.6. The first-order valence-electron chi connectivity index (χ1n) is 8.89. The van der Waals surface area contributed by atoms with Crippen molar-refractivity contribution in [2.45, 2.75) is 64.8 Å². The monoisotopic (exact) mass is 361 g/mol. The summed E-state index contributed by atoms with van der Waals surface area (Å²) in [7, 11) is 0. The number of ether oxygens (including phenoxy) is 2. The van der Waals surface area contributed by atoms with E-state index >= 15 is 0 Å². The van der Waals surface area contributed by atoms with E-state index in [9.17, 15) is 9.59 Å². The SMILES string of the molecule is Cc1ccc(NC(=O)C2OC3(C)CC2(CNC(=O)OC(C)(C)C)C3)nc1. The molecule has 7 heteroatoms. The molecule has 0 aromatic carbocycles. The van der Waals surface area contributed by atoms with Crippen LogP contribution >= 0.6 is 0 Å². The number of amides is 2. The fourth-order valence-electron chi connectivity index (χ4n) is 3.96. The summed E-state index contributed by atoms with van der Waals surface area (Å²) in [5.74, 6) is 0.266. The number of hydrogen-bond donors (Lipinski definition) is 2. The van der Waals surface area contributed by atoms with Crippen LogP contribution in [0.3, 0.4) is 0 Å². The Bertz CT molecular complexity index is 702. The first-order chi connectivity index (χ1) is 12.0. The lowest BCUT2D eigenvalue weighted by molar-refractivity contribution is -0.128. The molecule has 1 aromatic rings. The van der Waals surface area contributed by atoms with Crippen molar-refractivity contribution in [3.8, 4) is 0 Å².